The summed E-state index contributed by atoms with van der Waals surface area (Å²) in [7, 11) is 0. The molecule has 0 radical (unpaired) electrons. The van der Waals surface area contributed by atoms with E-state index < -0.39 is 11.8 Å². The number of fused-ring (bicyclic) bond motifs is 1. The zero-order chi connectivity index (χ0) is 17.4. The second-order valence-corrected chi connectivity index (χ2v) is 5.61. The molecule has 0 bridgehead atoms. The number of benzene rings is 1. The average molecular weight is 342 g/mol. The van der Waals surface area contributed by atoms with E-state index in [1.54, 1.807) is 18.2 Å². The normalized spacial score (nSPS) is 15.3. The third-order valence-corrected chi connectivity index (χ3v) is 4.04. The number of aromatic nitrogens is 2. The minimum atomic E-state index is -0.547. The van der Waals surface area contributed by atoms with Crippen molar-refractivity contribution < 1.29 is 14.4 Å². The van der Waals surface area contributed by atoms with Crippen LogP contribution in [0.1, 0.15) is 35.5 Å². The zero-order valence-electron chi connectivity index (χ0n) is 12.9. The molecule has 3 rings (SSSR count). The molecular formula is C17H12ClN3O3. The van der Waals surface area contributed by atoms with Crippen LogP contribution >= 0.6 is 11.6 Å². The summed E-state index contributed by atoms with van der Waals surface area (Å²) >= 11 is 6.37. The number of rotatable bonds is 2. The lowest BCUT2D eigenvalue weighted by Crippen LogP contribution is -2.31. The Balaban J connectivity index is 2.29. The molecular weight excluding hydrogens is 330 g/mol. The molecule has 0 saturated heterocycles. The Morgan fingerprint density at radius 1 is 1.17 bits per heavy atom. The number of imide groups is 1. The molecule has 2 aromatic rings. The summed E-state index contributed by atoms with van der Waals surface area (Å²) in [5.74, 6) is -1.13. The molecule has 0 spiro atoms. The topological polar surface area (TPSA) is 80.2 Å². The Kier molecular flexibility index (Phi) is 3.99. The van der Waals surface area contributed by atoms with E-state index in [0.29, 0.717) is 22.5 Å². The molecule has 0 aliphatic carbocycles. The maximum atomic E-state index is 12.7. The quantitative estimate of drug-likeness (QED) is 0.619. The summed E-state index contributed by atoms with van der Waals surface area (Å²) in [4.78, 5) is 45.3. The van der Waals surface area contributed by atoms with Gasteiger partial charge in [0, 0.05) is 30.4 Å². The van der Waals surface area contributed by atoms with Gasteiger partial charge in [0.25, 0.3) is 5.91 Å². The Morgan fingerprint density at radius 3 is 2.50 bits per heavy atom. The largest absolute Gasteiger partial charge is 0.295 e. The standard InChI is InChI=1S/C17H12ClN3O3/c1-9(22)11-3-4-14-12(7-11)15(17(24)21(14)10(2)23)16(18)13-8-19-5-6-20-13/h3-8H,1-2H3. The van der Waals surface area contributed by atoms with E-state index in [0.717, 1.165) is 4.90 Å². The predicted octanol–water partition coefficient (Wildman–Crippen LogP) is 2.68. The van der Waals surface area contributed by atoms with E-state index in [4.69, 9.17) is 11.6 Å². The van der Waals surface area contributed by atoms with Gasteiger partial charge in [-0.2, -0.15) is 0 Å². The first-order valence-electron chi connectivity index (χ1n) is 7.08. The van der Waals surface area contributed by atoms with Gasteiger partial charge in [0.2, 0.25) is 5.91 Å². The van der Waals surface area contributed by atoms with Crippen LogP contribution in [0, 0.1) is 0 Å². The predicted molar refractivity (Wildman–Crippen MR) is 89.3 cm³/mol. The van der Waals surface area contributed by atoms with Crippen LogP contribution in [0.5, 0.6) is 0 Å². The minimum absolute atomic E-state index is 0.0822. The number of hydrogen-bond donors (Lipinski definition) is 0. The fourth-order valence-corrected chi connectivity index (χ4v) is 2.83. The molecule has 0 fully saturated rings. The molecule has 0 saturated carbocycles. The van der Waals surface area contributed by atoms with E-state index in [2.05, 4.69) is 9.97 Å². The fourth-order valence-electron chi connectivity index (χ4n) is 2.55. The Labute approximate surface area is 142 Å². The van der Waals surface area contributed by atoms with E-state index in [9.17, 15) is 14.4 Å². The number of amides is 2. The van der Waals surface area contributed by atoms with Crippen molar-refractivity contribution in [2.75, 3.05) is 4.90 Å². The number of halogens is 1. The Hall–Kier alpha value is -2.86. The molecule has 1 aromatic carbocycles. The van der Waals surface area contributed by atoms with Crippen molar-refractivity contribution in [2.24, 2.45) is 0 Å². The van der Waals surface area contributed by atoms with Crippen LogP contribution in [0.2, 0.25) is 0 Å². The maximum absolute atomic E-state index is 12.7. The molecule has 2 heterocycles. The van der Waals surface area contributed by atoms with Crippen LogP contribution in [0.3, 0.4) is 0 Å². The number of hydrogen-bond acceptors (Lipinski definition) is 5. The van der Waals surface area contributed by atoms with Gasteiger partial charge in [0.15, 0.2) is 5.78 Å². The van der Waals surface area contributed by atoms with Gasteiger partial charge in [0.05, 0.1) is 22.5 Å². The first kappa shape index (κ1) is 16.0. The lowest BCUT2D eigenvalue weighted by molar-refractivity contribution is -0.122. The van der Waals surface area contributed by atoms with Gasteiger partial charge < -0.3 is 0 Å². The van der Waals surface area contributed by atoms with Crippen LogP contribution < -0.4 is 4.90 Å². The summed E-state index contributed by atoms with van der Waals surface area (Å²) in [6, 6.07) is 4.70. The first-order valence-corrected chi connectivity index (χ1v) is 7.46. The van der Waals surface area contributed by atoms with Gasteiger partial charge in [-0.15, -0.1) is 0 Å². The Bertz CT molecular complexity index is 907. The van der Waals surface area contributed by atoms with Gasteiger partial charge >= 0.3 is 0 Å². The lowest BCUT2D eigenvalue weighted by Gasteiger charge is -2.12. The van der Waals surface area contributed by atoms with E-state index >= 15 is 0 Å². The fraction of sp³-hybridized carbons (Fsp3) is 0.118. The highest BCUT2D eigenvalue weighted by atomic mass is 35.5. The van der Waals surface area contributed by atoms with E-state index in [1.807, 2.05) is 0 Å². The Morgan fingerprint density at radius 2 is 1.92 bits per heavy atom. The number of Topliss-reactive ketones (excluding diaryl/α,β-unsaturated/α-hetero) is 1. The van der Waals surface area contributed by atoms with Crippen LogP contribution in [0.4, 0.5) is 5.69 Å². The molecule has 1 aliphatic rings. The van der Waals surface area contributed by atoms with Gasteiger partial charge in [-0.25, -0.2) is 4.90 Å². The van der Waals surface area contributed by atoms with Crippen molar-refractivity contribution in [3.63, 3.8) is 0 Å². The molecule has 0 N–H and O–H groups in total. The van der Waals surface area contributed by atoms with Crippen LogP contribution in [0.25, 0.3) is 10.6 Å². The highest BCUT2D eigenvalue weighted by Crippen LogP contribution is 2.42. The smallest absolute Gasteiger partial charge is 0.267 e. The van der Waals surface area contributed by atoms with Crippen molar-refractivity contribution in [3.05, 3.63) is 53.6 Å². The number of carbonyl (C=O) groups excluding carboxylic acids is 3. The number of anilines is 1. The highest BCUT2D eigenvalue weighted by Gasteiger charge is 2.37. The third-order valence-electron chi connectivity index (χ3n) is 3.65. The molecule has 7 heteroatoms. The van der Waals surface area contributed by atoms with Crippen molar-refractivity contribution >= 4 is 45.5 Å². The molecule has 0 atom stereocenters. The van der Waals surface area contributed by atoms with E-state index in [1.165, 1.54) is 32.4 Å². The number of carbonyl (C=O) groups is 3. The summed E-state index contributed by atoms with van der Waals surface area (Å²) in [5.41, 5.74) is 1.69. The first-order chi connectivity index (χ1) is 11.4. The van der Waals surface area contributed by atoms with E-state index in [-0.39, 0.29) is 16.4 Å². The van der Waals surface area contributed by atoms with Gasteiger partial charge in [-0.1, -0.05) is 11.6 Å². The van der Waals surface area contributed by atoms with Crippen LogP contribution in [-0.4, -0.2) is 27.6 Å². The molecule has 2 amide bonds. The second-order valence-electron chi connectivity index (χ2n) is 5.23. The van der Waals surface area contributed by atoms with Crippen molar-refractivity contribution in [1.82, 2.24) is 9.97 Å². The van der Waals surface area contributed by atoms with Crippen molar-refractivity contribution in [2.45, 2.75) is 13.8 Å². The average Bonchev–Trinajstić information content (AvgIpc) is 2.86. The summed E-state index contributed by atoms with van der Waals surface area (Å²) in [6.07, 6.45) is 4.36. The third kappa shape index (κ3) is 2.51. The van der Waals surface area contributed by atoms with Gasteiger partial charge in [0.1, 0.15) is 5.69 Å². The molecule has 24 heavy (non-hydrogen) atoms. The van der Waals surface area contributed by atoms with Crippen molar-refractivity contribution in [3.8, 4) is 0 Å². The summed E-state index contributed by atoms with van der Waals surface area (Å²) in [6.45, 7) is 2.72. The summed E-state index contributed by atoms with van der Waals surface area (Å²) in [5, 5.41) is 0.0822. The molecule has 1 aromatic heterocycles. The molecule has 0 unspecified atom stereocenters. The molecule has 120 valence electrons. The summed E-state index contributed by atoms with van der Waals surface area (Å²) < 4.78 is 0. The lowest BCUT2D eigenvalue weighted by atomic mass is 10.0. The maximum Gasteiger partial charge on any atom is 0.267 e. The monoisotopic (exact) mass is 341 g/mol. The van der Waals surface area contributed by atoms with Gasteiger partial charge in [-0.3, -0.25) is 24.4 Å². The van der Waals surface area contributed by atoms with Crippen molar-refractivity contribution in [1.29, 1.82) is 0 Å². The number of ketones is 1. The molecule has 1 aliphatic heterocycles. The van der Waals surface area contributed by atoms with Crippen LogP contribution in [0.15, 0.2) is 36.8 Å². The van der Waals surface area contributed by atoms with Crippen LogP contribution in [-0.2, 0) is 9.59 Å². The number of nitrogens with zero attached hydrogens (tertiary/aromatic N) is 3. The van der Waals surface area contributed by atoms with Gasteiger partial charge in [-0.05, 0) is 25.1 Å². The second kappa shape index (κ2) is 5.98. The SMILES string of the molecule is CC(=O)c1ccc2c(c1)C(=C(Cl)c1cnccn1)C(=O)N2C(C)=O. The molecule has 6 nitrogen and oxygen atoms in total. The highest BCUT2D eigenvalue weighted by molar-refractivity contribution is 6.60. The minimum Gasteiger partial charge on any atom is -0.295 e. The zero-order valence-corrected chi connectivity index (χ0v) is 13.7.